The number of carbonyl (C=O) groups is 1. The van der Waals surface area contributed by atoms with Crippen molar-refractivity contribution >= 4 is 14.2 Å². The van der Waals surface area contributed by atoms with Crippen molar-refractivity contribution in [1.82, 2.24) is 4.90 Å². The average molecular weight is 434 g/mol. The van der Waals surface area contributed by atoms with Gasteiger partial charge in [0.15, 0.2) is 0 Å². The first-order chi connectivity index (χ1) is 13.9. The number of carbonyl (C=O) groups excluding carboxylic acids is 1. The van der Waals surface area contributed by atoms with Gasteiger partial charge in [-0.2, -0.15) is 0 Å². The molecule has 0 bridgehead atoms. The van der Waals surface area contributed by atoms with Gasteiger partial charge in [-0.05, 0) is 59.3 Å². The molecule has 0 N–H and O–H groups in total. The molecule has 0 aromatic heterocycles. The summed E-state index contributed by atoms with van der Waals surface area (Å²) in [5.74, 6) is 3.56. The number of allylic oxidation sites excluding steroid dienone is 2. The van der Waals surface area contributed by atoms with Gasteiger partial charge in [-0.15, -0.1) is 12.1 Å². The quantitative estimate of drug-likeness (QED) is 0.254. The van der Waals surface area contributed by atoms with E-state index in [0.29, 0.717) is 13.2 Å². The van der Waals surface area contributed by atoms with E-state index >= 15 is 0 Å². The van der Waals surface area contributed by atoms with E-state index < -0.39 is 19.3 Å². The molecule has 1 saturated heterocycles. The third-order valence-corrected chi connectivity index (χ3v) is 5.74. The Kier molecular flexibility index (Phi) is 10.4. The van der Waals surface area contributed by atoms with E-state index in [1.807, 2.05) is 25.7 Å². The topological polar surface area (TPSA) is 38.8 Å². The molecule has 1 heterocycles. The third kappa shape index (κ3) is 9.10. The van der Waals surface area contributed by atoms with Crippen LogP contribution < -0.4 is 0 Å². The second kappa shape index (κ2) is 11.8. The van der Waals surface area contributed by atoms with Crippen LogP contribution in [0.1, 0.15) is 66.2 Å². The number of rotatable bonds is 8. The minimum Gasteiger partial charge on any atom is -0.444 e. The Labute approximate surface area is 186 Å². The van der Waals surface area contributed by atoms with Gasteiger partial charge in [0.05, 0.1) is 12.6 Å². The molecule has 0 spiro atoms. The second-order valence-electron chi connectivity index (χ2n) is 10.1. The Bertz CT molecular complexity index is 648. The van der Waals surface area contributed by atoms with Gasteiger partial charge in [0, 0.05) is 6.54 Å². The summed E-state index contributed by atoms with van der Waals surface area (Å²) >= 11 is 0. The zero-order valence-electron chi connectivity index (χ0n) is 20.3. The predicted octanol–water partition coefficient (Wildman–Crippen LogP) is 6.34. The summed E-state index contributed by atoms with van der Waals surface area (Å²) in [5, 5.41) is 0. The van der Waals surface area contributed by atoms with Crippen LogP contribution in [-0.2, 0) is 9.47 Å². The molecule has 30 heavy (non-hydrogen) atoms. The second-order valence-corrected chi connectivity index (χ2v) is 14.8. The van der Waals surface area contributed by atoms with Gasteiger partial charge in [0.25, 0.3) is 0 Å². The van der Waals surface area contributed by atoms with Crippen molar-refractivity contribution in [3.05, 3.63) is 24.8 Å². The van der Waals surface area contributed by atoms with E-state index in [2.05, 4.69) is 56.8 Å². The van der Waals surface area contributed by atoms with Crippen molar-refractivity contribution in [2.75, 3.05) is 13.2 Å². The summed E-state index contributed by atoms with van der Waals surface area (Å²) in [4.78, 5) is 15.0. The SMILES string of the molecule is C=CCO[C@@](C#C[Si](C)(C)C)(CC/C=C/CC)[C@H]1CCCCN1C(=O)OC(C)(C)C. The van der Waals surface area contributed by atoms with Crippen molar-refractivity contribution in [2.24, 2.45) is 0 Å². The summed E-state index contributed by atoms with van der Waals surface area (Å²) in [6.07, 6.45) is 11.4. The molecule has 1 amide bonds. The molecule has 0 radical (unpaired) electrons. The average Bonchev–Trinajstić information content (AvgIpc) is 2.65. The highest BCUT2D eigenvalue weighted by Gasteiger charge is 2.45. The van der Waals surface area contributed by atoms with Crippen molar-refractivity contribution in [2.45, 2.75) is 103 Å². The first-order valence-corrected chi connectivity index (χ1v) is 14.9. The Balaban J connectivity index is 3.39. The Hall–Kier alpha value is -1.51. The van der Waals surface area contributed by atoms with Gasteiger partial charge in [-0.1, -0.05) is 50.7 Å². The van der Waals surface area contributed by atoms with Crippen molar-refractivity contribution in [3.63, 3.8) is 0 Å². The lowest BCUT2D eigenvalue weighted by atomic mass is 9.83. The molecule has 1 aliphatic heterocycles. The van der Waals surface area contributed by atoms with Crippen LogP contribution in [0.3, 0.4) is 0 Å². The Morgan fingerprint density at radius 1 is 1.23 bits per heavy atom. The molecule has 5 heteroatoms. The molecule has 0 saturated carbocycles. The van der Waals surface area contributed by atoms with Gasteiger partial charge < -0.3 is 14.4 Å². The summed E-state index contributed by atoms with van der Waals surface area (Å²) in [6, 6.07) is -0.125. The number of hydrogen-bond acceptors (Lipinski definition) is 3. The lowest BCUT2D eigenvalue weighted by Gasteiger charge is -2.45. The summed E-state index contributed by atoms with van der Waals surface area (Å²) in [7, 11) is -1.63. The normalized spacial score (nSPS) is 19.7. The van der Waals surface area contributed by atoms with Crippen LogP contribution in [0.25, 0.3) is 0 Å². The molecule has 4 nitrogen and oxygen atoms in total. The highest BCUT2D eigenvalue weighted by Crippen LogP contribution is 2.34. The maximum absolute atomic E-state index is 13.1. The first kappa shape index (κ1) is 26.5. The smallest absolute Gasteiger partial charge is 0.410 e. The molecule has 0 unspecified atom stereocenters. The minimum atomic E-state index is -1.63. The molecule has 1 aliphatic rings. The number of nitrogens with zero attached hydrogens (tertiary/aromatic N) is 1. The van der Waals surface area contributed by atoms with E-state index in [-0.39, 0.29) is 12.1 Å². The van der Waals surface area contributed by atoms with Crippen molar-refractivity contribution in [1.29, 1.82) is 0 Å². The molecule has 1 fully saturated rings. The molecular formula is C25H43NO3Si. The van der Waals surface area contributed by atoms with E-state index in [0.717, 1.165) is 38.5 Å². The summed E-state index contributed by atoms with van der Waals surface area (Å²) in [5.41, 5.74) is 2.30. The Morgan fingerprint density at radius 2 is 1.93 bits per heavy atom. The predicted molar refractivity (Wildman–Crippen MR) is 129 cm³/mol. The van der Waals surface area contributed by atoms with E-state index in [4.69, 9.17) is 9.47 Å². The summed E-state index contributed by atoms with van der Waals surface area (Å²) in [6.45, 7) is 19.5. The summed E-state index contributed by atoms with van der Waals surface area (Å²) < 4.78 is 12.2. The van der Waals surface area contributed by atoms with Gasteiger partial charge in [0.2, 0.25) is 0 Å². The van der Waals surface area contributed by atoms with Crippen LogP contribution in [-0.4, -0.2) is 49.5 Å². The van der Waals surface area contributed by atoms with Crippen LogP contribution in [0.5, 0.6) is 0 Å². The highest BCUT2D eigenvalue weighted by molar-refractivity contribution is 6.83. The van der Waals surface area contributed by atoms with Crippen molar-refractivity contribution < 1.29 is 14.3 Å². The standard InChI is InChI=1S/C25H43NO3Si/c1-9-11-12-14-17-25(28-20-10-2,18-21-30(6,7)8)22-16-13-15-19-26(22)23(27)29-24(3,4)5/h10-12,22H,2,9,13-17,19-20H2,1,3-8H3/b12-11+/t22-,25-/m1/s1. The van der Waals surface area contributed by atoms with Crippen LogP contribution in [0.4, 0.5) is 4.79 Å². The minimum absolute atomic E-state index is 0.125. The molecule has 2 atom stereocenters. The molecule has 0 aromatic carbocycles. The van der Waals surface area contributed by atoms with E-state index in [1.165, 1.54) is 0 Å². The first-order valence-electron chi connectivity index (χ1n) is 11.4. The third-order valence-electron chi connectivity index (χ3n) is 4.86. The number of hydrogen-bond donors (Lipinski definition) is 0. The molecular weight excluding hydrogens is 390 g/mol. The highest BCUT2D eigenvalue weighted by atomic mass is 28.3. The molecule has 0 aromatic rings. The largest absolute Gasteiger partial charge is 0.444 e. The van der Waals surface area contributed by atoms with Crippen LogP contribution >= 0.6 is 0 Å². The fourth-order valence-electron chi connectivity index (χ4n) is 3.56. The van der Waals surface area contributed by atoms with Gasteiger partial charge in [0.1, 0.15) is 19.3 Å². The molecule has 170 valence electrons. The fraction of sp³-hybridized carbons (Fsp3) is 0.720. The van der Waals surface area contributed by atoms with Crippen LogP contribution in [0, 0.1) is 11.5 Å². The van der Waals surface area contributed by atoms with Crippen molar-refractivity contribution in [3.8, 4) is 11.5 Å². The van der Waals surface area contributed by atoms with Crippen LogP contribution in [0.15, 0.2) is 24.8 Å². The van der Waals surface area contributed by atoms with Gasteiger partial charge >= 0.3 is 6.09 Å². The monoisotopic (exact) mass is 433 g/mol. The fourth-order valence-corrected chi connectivity index (χ4v) is 4.14. The van der Waals surface area contributed by atoms with Gasteiger partial charge in [-0.3, -0.25) is 0 Å². The van der Waals surface area contributed by atoms with Crippen LogP contribution in [0.2, 0.25) is 19.6 Å². The zero-order chi connectivity index (χ0) is 22.8. The van der Waals surface area contributed by atoms with E-state index in [1.54, 1.807) is 6.08 Å². The lowest BCUT2D eigenvalue weighted by Crippen LogP contribution is -2.58. The Morgan fingerprint density at radius 3 is 2.50 bits per heavy atom. The van der Waals surface area contributed by atoms with Gasteiger partial charge in [-0.25, -0.2) is 4.79 Å². The molecule has 0 aliphatic carbocycles. The maximum Gasteiger partial charge on any atom is 0.410 e. The zero-order valence-corrected chi connectivity index (χ0v) is 21.3. The lowest BCUT2D eigenvalue weighted by molar-refractivity contribution is -0.0735. The number of ether oxygens (including phenoxy) is 2. The molecule has 1 rings (SSSR count). The number of amides is 1. The maximum atomic E-state index is 13.1. The van der Waals surface area contributed by atoms with E-state index in [9.17, 15) is 4.79 Å². The number of piperidine rings is 1. The number of likely N-dealkylation sites (tertiary alicyclic amines) is 1.